The molecule has 3 N–H and O–H groups in total. The SMILES string of the molecule is NCC(F)(F)CNC(=O)Cc1ccc2c(c1)CCC2. The van der Waals surface area contributed by atoms with Crippen LogP contribution in [0.2, 0.25) is 0 Å². The number of amides is 1. The summed E-state index contributed by atoms with van der Waals surface area (Å²) >= 11 is 0. The Morgan fingerprint density at radius 2 is 2.05 bits per heavy atom. The summed E-state index contributed by atoms with van der Waals surface area (Å²) in [6, 6.07) is 5.92. The van der Waals surface area contributed by atoms with Crippen molar-refractivity contribution < 1.29 is 13.6 Å². The highest BCUT2D eigenvalue weighted by atomic mass is 19.3. The minimum Gasteiger partial charge on any atom is -0.350 e. The van der Waals surface area contributed by atoms with E-state index in [9.17, 15) is 13.6 Å². The zero-order valence-corrected chi connectivity index (χ0v) is 10.7. The molecule has 0 saturated carbocycles. The van der Waals surface area contributed by atoms with Crippen LogP contribution in [0.15, 0.2) is 18.2 Å². The van der Waals surface area contributed by atoms with Gasteiger partial charge in [-0.15, -0.1) is 0 Å². The highest BCUT2D eigenvalue weighted by Gasteiger charge is 2.27. The van der Waals surface area contributed by atoms with E-state index in [4.69, 9.17) is 5.73 Å². The average Bonchev–Trinajstić information content (AvgIpc) is 2.84. The lowest BCUT2D eigenvalue weighted by Crippen LogP contribution is -2.42. The Kier molecular flexibility index (Phi) is 4.14. The number of halogens is 2. The van der Waals surface area contributed by atoms with Crippen LogP contribution >= 0.6 is 0 Å². The van der Waals surface area contributed by atoms with Crippen molar-refractivity contribution >= 4 is 5.91 Å². The van der Waals surface area contributed by atoms with Crippen LogP contribution in [0.4, 0.5) is 8.78 Å². The molecule has 1 aliphatic rings. The van der Waals surface area contributed by atoms with Crippen LogP contribution < -0.4 is 11.1 Å². The van der Waals surface area contributed by atoms with Gasteiger partial charge in [-0.05, 0) is 36.0 Å². The molecular weight excluding hydrogens is 250 g/mol. The summed E-state index contributed by atoms with van der Waals surface area (Å²) in [5.41, 5.74) is 8.38. The minimum atomic E-state index is -3.03. The summed E-state index contributed by atoms with van der Waals surface area (Å²) < 4.78 is 25.8. The first kappa shape index (κ1) is 13.9. The van der Waals surface area contributed by atoms with Gasteiger partial charge in [0.1, 0.15) is 0 Å². The third kappa shape index (κ3) is 3.73. The summed E-state index contributed by atoms with van der Waals surface area (Å²) in [5.74, 6) is -3.43. The van der Waals surface area contributed by atoms with E-state index in [1.165, 1.54) is 11.1 Å². The van der Waals surface area contributed by atoms with E-state index in [1.807, 2.05) is 18.2 Å². The topological polar surface area (TPSA) is 55.1 Å². The maximum absolute atomic E-state index is 12.9. The van der Waals surface area contributed by atoms with E-state index >= 15 is 0 Å². The van der Waals surface area contributed by atoms with E-state index in [0.29, 0.717) is 0 Å². The number of alkyl halides is 2. The quantitative estimate of drug-likeness (QED) is 0.848. The molecule has 0 unspecified atom stereocenters. The summed E-state index contributed by atoms with van der Waals surface area (Å²) in [4.78, 5) is 11.6. The first-order valence-electron chi connectivity index (χ1n) is 6.45. The van der Waals surface area contributed by atoms with Gasteiger partial charge in [0.25, 0.3) is 5.92 Å². The van der Waals surface area contributed by atoms with Crippen LogP contribution in [0.3, 0.4) is 0 Å². The summed E-state index contributed by atoms with van der Waals surface area (Å²) in [7, 11) is 0. The van der Waals surface area contributed by atoms with E-state index in [1.54, 1.807) is 0 Å². The highest BCUT2D eigenvalue weighted by Crippen LogP contribution is 2.23. The van der Waals surface area contributed by atoms with Gasteiger partial charge in [0.2, 0.25) is 5.91 Å². The smallest absolute Gasteiger partial charge is 0.277 e. The fourth-order valence-corrected chi connectivity index (χ4v) is 2.28. The molecule has 0 bridgehead atoms. The number of benzene rings is 1. The van der Waals surface area contributed by atoms with Crippen molar-refractivity contribution in [2.75, 3.05) is 13.1 Å². The third-order valence-electron chi connectivity index (χ3n) is 3.37. The molecule has 19 heavy (non-hydrogen) atoms. The van der Waals surface area contributed by atoms with Gasteiger partial charge < -0.3 is 11.1 Å². The van der Waals surface area contributed by atoms with Crippen molar-refractivity contribution in [2.24, 2.45) is 5.73 Å². The Morgan fingerprint density at radius 3 is 2.79 bits per heavy atom. The lowest BCUT2D eigenvalue weighted by Gasteiger charge is -2.14. The molecule has 3 nitrogen and oxygen atoms in total. The molecule has 0 saturated heterocycles. The zero-order valence-electron chi connectivity index (χ0n) is 10.7. The number of hydrogen-bond acceptors (Lipinski definition) is 2. The predicted molar refractivity (Wildman–Crippen MR) is 69.2 cm³/mol. The molecule has 0 fully saturated rings. The number of nitrogens with two attached hydrogens (primary N) is 1. The van der Waals surface area contributed by atoms with Crippen molar-refractivity contribution in [2.45, 2.75) is 31.6 Å². The standard InChI is InChI=1S/C14H18F2N2O/c15-14(16,8-17)9-18-13(19)7-10-4-5-11-2-1-3-12(11)6-10/h4-6H,1-3,7-9,17H2,(H,18,19). The molecule has 0 aromatic heterocycles. The lowest BCUT2D eigenvalue weighted by atomic mass is 10.0. The molecule has 1 amide bonds. The Hall–Kier alpha value is -1.49. The number of nitrogens with one attached hydrogen (secondary N) is 1. The molecule has 0 atom stereocenters. The van der Waals surface area contributed by atoms with Gasteiger partial charge >= 0.3 is 0 Å². The van der Waals surface area contributed by atoms with Gasteiger partial charge in [0.15, 0.2) is 0 Å². The van der Waals surface area contributed by atoms with Gasteiger partial charge in [-0.1, -0.05) is 18.2 Å². The number of carbonyl (C=O) groups excluding carboxylic acids is 1. The van der Waals surface area contributed by atoms with Gasteiger partial charge in [-0.2, -0.15) is 0 Å². The van der Waals surface area contributed by atoms with Crippen molar-refractivity contribution in [3.63, 3.8) is 0 Å². The Morgan fingerprint density at radius 1 is 1.32 bits per heavy atom. The molecular formula is C14H18F2N2O. The third-order valence-corrected chi connectivity index (χ3v) is 3.37. The fourth-order valence-electron chi connectivity index (χ4n) is 2.28. The van der Waals surface area contributed by atoms with E-state index in [0.717, 1.165) is 24.8 Å². The number of rotatable bonds is 5. The van der Waals surface area contributed by atoms with Crippen molar-refractivity contribution in [3.05, 3.63) is 34.9 Å². The van der Waals surface area contributed by atoms with Crippen LogP contribution in [0.5, 0.6) is 0 Å². The van der Waals surface area contributed by atoms with Gasteiger partial charge in [-0.3, -0.25) is 4.79 Å². The molecule has 104 valence electrons. The van der Waals surface area contributed by atoms with E-state index in [2.05, 4.69) is 5.32 Å². The monoisotopic (exact) mass is 268 g/mol. The molecule has 5 heteroatoms. The summed E-state index contributed by atoms with van der Waals surface area (Å²) in [5, 5.41) is 2.22. The molecule has 1 aromatic carbocycles. The maximum atomic E-state index is 12.9. The summed E-state index contributed by atoms with van der Waals surface area (Å²) in [6.45, 7) is -1.46. The van der Waals surface area contributed by atoms with E-state index in [-0.39, 0.29) is 6.42 Å². The summed E-state index contributed by atoms with van der Waals surface area (Å²) in [6.07, 6.45) is 3.40. The largest absolute Gasteiger partial charge is 0.350 e. The first-order chi connectivity index (χ1) is 9.00. The molecule has 2 rings (SSSR count). The van der Waals surface area contributed by atoms with Crippen LogP contribution in [-0.4, -0.2) is 24.9 Å². The Bertz CT molecular complexity index is 475. The van der Waals surface area contributed by atoms with Crippen LogP contribution in [0, 0.1) is 0 Å². The highest BCUT2D eigenvalue weighted by molar-refractivity contribution is 5.78. The minimum absolute atomic E-state index is 0.133. The molecule has 0 radical (unpaired) electrons. The molecule has 0 spiro atoms. The molecule has 1 aromatic rings. The second-order valence-corrected chi connectivity index (χ2v) is 4.97. The van der Waals surface area contributed by atoms with Gasteiger partial charge in [0.05, 0.1) is 19.5 Å². The number of fused-ring (bicyclic) bond motifs is 1. The van der Waals surface area contributed by atoms with Crippen molar-refractivity contribution in [3.8, 4) is 0 Å². The molecule has 1 aliphatic carbocycles. The van der Waals surface area contributed by atoms with Crippen molar-refractivity contribution in [1.82, 2.24) is 5.32 Å². The number of hydrogen-bond donors (Lipinski definition) is 2. The lowest BCUT2D eigenvalue weighted by molar-refractivity contribution is -0.122. The van der Waals surface area contributed by atoms with Crippen LogP contribution in [-0.2, 0) is 24.1 Å². The molecule has 0 aliphatic heterocycles. The van der Waals surface area contributed by atoms with Gasteiger partial charge in [-0.25, -0.2) is 8.78 Å². The average molecular weight is 268 g/mol. The maximum Gasteiger partial charge on any atom is 0.277 e. The van der Waals surface area contributed by atoms with Crippen LogP contribution in [0.1, 0.15) is 23.1 Å². The number of aryl methyl sites for hydroxylation is 2. The van der Waals surface area contributed by atoms with E-state index < -0.39 is 24.9 Å². The van der Waals surface area contributed by atoms with Crippen molar-refractivity contribution in [1.29, 1.82) is 0 Å². The molecule has 0 heterocycles. The Labute approximate surface area is 111 Å². The number of carbonyl (C=O) groups is 1. The van der Waals surface area contributed by atoms with Crippen LogP contribution in [0.25, 0.3) is 0 Å². The van der Waals surface area contributed by atoms with Gasteiger partial charge in [0, 0.05) is 0 Å². The normalized spacial score (nSPS) is 14.3. The fraction of sp³-hybridized carbons (Fsp3) is 0.500. The second kappa shape index (κ2) is 5.65. The Balaban J connectivity index is 1.89. The second-order valence-electron chi connectivity index (χ2n) is 4.97. The first-order valence-corrected chi connectivity index (χ1v) is 6.45. The predicted octanol–water partition coefficient (Wildman–Crippen LogP) is 1.43. The zero-order chi connectivity index (χ0) is 13.9.